The molecule has 1 aromatic heterocycles. The van der Waals surface area contributed by atoms with Crippen LogP contribution < -0.4 is 4.74 Å². The standard InChI is InChI=1S/C17H16N2O5S/c20-17-16-8-15(4-3-12(16)11-23-17)25(21,22)19-7-5-14(10-19)24-13-2-1-6-18-9-13/h1-4,6,8-9,14H,5,7,10-11H2. The third kappa shape index (κ3) is 2.98. The zero-order chi connectivity index (χ0) is 17.4. The molecule has 2 aromatic rings. The molecule has 25 heavy (non-hydrogen) atoms. The summed E-state index contributed by atoms with van der Waals surface area (Å²) in [6, 6.07) is 8.10. The molecule has 0 radical (unpaired) electrons. The molecule has 130 valence electrons. The number of benzene rings is 1. The fourth-order valence-electron chi connectivity index (χ4n) is 3.02. The van der Waals surface area contributed by atoms with Gasteiger partial charge in [0.1, 0.15) is 18.5 Å². The minimum atomic E-state index is -3.68. The van der Waals surface area contributed by atoms with Crippen molar-refractivity contribution in [2.45, 2.75) is 24.0 Å². The third-order valence-electron chi connectivity index (χ3n) is 4.34. The van der Waals surface area contributed by atoms with Crippen LogP contribution in [0.2, 0.25) is 0 Å². The van der Waals surface area contributed by atoms with Crippen molar-refractivity contribution in [3.63, 3.8) is 0 Å². The van der Waals surface area contributed by atoms with Gasteiger partial charge in [0.2, 0.25) is 10.0 Å². The minimum Gasteiger partial charge on any atom is -0.487 e. The normalized spacial score (nSPS) is 20.3. The molecule has 0 bridgehead atoms. The van der Waals surface area contributed by atoms with Crippen LogP contribution in [0, 0.1) is 0 Å². The molecule has 2 aliphatic heterocycles. The Morgan fingerprint density at radius 1 is 1.28 bits per heavy atom. The highest BCUT2D eigenvalue weighted by atomic mass is 32.2. The van der Waals surface area contributed by atoms with Gasteiger partial charge in [-0.05, 0) is 30.7 Å². The van der Waals surface area contributed by atoms with Gasteiger partial charge in [-0.25, -0.2) is 13.2 Å². The predicted octanol–water partition coefficient (Wildman–Crippen LogP) is 1.59. The summed E-state index contributed by atoms with van der Waals surface area (Å²) < 4.78 is 37.8. The van der Waals surface area contributed by atoms with Crippen LogP contribution in [0.4, 0.5) is 0 Å². The largest absolute Gasteiger partial charge is 0.487 e. The Kier molecular flexibility index (Phi) is 3.93. The van der Waals surface area contributed by atoms with Gasteiger partial charge >= 0.3 is 5.97 Å². The SMILES string of the molecule is O=C1OCc2ccc(S(=O)(=O)N3CCC(Oc4cccnc4)C3)cc21. The number of hydrogen-bond donors (Lipinski definition) is 0. The van der Waals surface area contributed by atoms with E-state index in [1.807, 2.05) is 0 Å². The van der Waals surface area contributed by atoms with Crippen molar-refractivity contribution >= 4 is 16.0 Å². The number of cyclic esters (lactones) is 1. The lowest BCUT2D eigenvalue weighted by molar-refractivity contribution is 0.0535. The quantitative estimate of drug-likeness (QED) is 0.770. The molecule has 4 rings (SSSR count). The molecule has 1 unspecified atom stereocenters. The van der Waals surface area contributed by atoms with E-state index >= 15 is 0 Å². The summed E-state index contributed by atoms with van der Waals surface area (Å²) in [6.45, 7) is 0.826. The van der Waals surface area contributed by atoms with Gasteiger partial charge in [-0.3, -0.25) is 4.98 Å². The number of hydrogen-bond acceptors (Lipinski definition) is 6. The number of ether oxygens (including phenoxy) is 2. The van der Waals surface area contributed by atoms with Crippen LogP contribution in [0.3, 0.4) is 0 Å². The number of esters is 1. The Morgan fingerprint density at radius 3 is 2.96 bits per heavy atom. The molecule has 1 aromatic carbocycles. The van der Waals surface area contributed by atoms with Crippen LogP contribution in [0.5, 0.6) is 5.75 Å². The molecule has 2 aliphatic rings. The van der Waals surface area contributed by atoms with Crippen molar-refractivity contribution in [2.75, 3.05) is 13.1 Å². The minimum absolute atomic E-state index is 0.104. The number of aromatic nitrogens is 1. The highest BCUT2D eigenvalue weighted by molar-refractivity contribution is 7.89. The van der Waals surface area contributed by atoms with Gasteiger partial charge in [0, 0.05) is 18.3 Å². The number of carbonyl (C=O) groups is 1. The maximum absolute atomic E-state index is 12.8. The first kappa shape index (κ1) is 16.0. The van der Waals surface area contributed by atoms with Gasteiger partial charge in [0.15, 0.2) is 0 Å². The van der Waals surface area contributed by atoms with Crippen LogP contribution in [0.1, 0.15) is 22.3 Å². The lowest BCUT2D eigenvalue weighted by Crippen LogP contribution is -2.31. The van der Waals surface area contributed by atoms with Crippen LogP contribution in [-0.4, -0.2) is 42.9 Å². The van der Waals surface area contributed by atoms with Crippen molar-refractivity contribution < 1.29 is 22.7 Å². The summed E-state index contributed by atoms with van der Waals surface area (Å²) in [5.74, 6) is 0.137. The van der Waals surface area contributed by atoms with Gasteiger partial charge in [-0.2, -0.15) is 4.31 Å². The molecule has 1 saturated heterocycles. The Labute approximate surface area is 145 Å². The van der Waals surface area contributed by atoms with E-state index in [-0.39, 0.29) is 24.2 Å². The first-order chi connectivity index (χ1) is 12.0. The van der Waals surface area contributed by atoms with E-state index in [0.29, 0.717) is 29.8 Å². The van der Waals surface area contributed by atoms with Crippen molar-refractivity contribution in [1.82, 2.24) is 9.29 Å². The molecule has 1 fully saturated rings. The Morgan fingerprint density at radius 2 is 2.16 bits per heavy atom. The van der Waals surface area contributed by atoms with Gasteiger partial charge in [-0.15, -0.1) is 0 Å². The van der Waals surface area contributed by atoms with Crippen LogP contribution in [0.25, 0.3) is 0 Å². The highest BCUT2D eigenvalue weighted by Gasteiger charge is 2.35. The smallest absolute Gasteiger partial charge is 0.338 e. The average Bonchev–Trinajstić information content (AvgIpc) is 3.23. The number of carbonyl (C=O) groups excluding carboxylic acids is 1. The number of nitrogens with zero attached hydrogens (tertiary/aromatic N) is 2. The molecule has 0 N–H and O–H groups in total. The van der Waals surface area contributed by atoms with Crippen LogP contribution in [-0.2, 0) is 21.4 Å². The summed E-state index contributed by atoms with van der Waals surface area (Å²) in [5.41, 5.74) is 1.03. The van der Waals surface area contributed by atoms with E-state index in [2.05, 4.69) is 4.98 Å². The molecule has 3 heterocycles. The number of sulfonamides is 1. The fraction of sp³-hybridized carbons (Fsp3) is 0.294. The fourth-order valence-corrected chi connectivity index (χ4v) is 4.54. The molecule has 1 atom stereocenters. The van der Waals surface area contributed by atoms with Gasteiger partial charge in [-0.1, -0.05) is 6.07 Å². The predicted molar refractivity (Wildman–Crippen MR) is 87.6 cm³/mol. The van der Waals surface area contributed by atoms with Gasteiger partial charge in [0.25, 0.3) is 0 Å². The van der Waals surface area contributed by atoms with Crippen molar-refractivity contribution in [3.8, 4) is 5.75 Å². The second-order valence-corrected chi connectivity index (χ2v) is 7.91. The van der Waals surface area contributed by atoms with E-state index < -0.39 is 16.0 Å². The van der Waals surface area contributed by atoms with Crippen molar-refractivity contribution in [3.05, 3.63) is 53.9 Å². The van der Waals surface area contributed by atoms with Gasteiger partial charge < -0.3 is 9.47 Å². The van der Waals surface area contributed by atoms with E-state index in [1.165, 1.54) is 16.4 Å². The second kappa shape index (κ2) is 6.12. The van der Waals surface area contributed by atoms with Crippen molar-refractivity contribution in [2.24, 2.45) is 0 Å². The Hall–Kier alpha value is -2.45. The maximum Gasteiger partial charge on any atom is 0.338 e. The second-order valence-electron chi connectivity index (χ2n) is 5.98. The lowest BCUT2D eigenvalue weighted by atomic mass is 10.1. The topological polar surface area (TPSA) is 85.8 Å². The monoisotopic (exact) mass is 360 g/mol. The summed E-state index contributed by atoms with van der Waals surface area (Å²) in [5, 5.41) is 0. The molecular weight excluding hydrogens is 344 g/mol. The summed E-state index contributed by atoms with van der Waals surface area (Å²) in [7, 11) is -3.68. The van der Waals surface area contributed by atoms with Crippen LogP contribution in [0.15, 0.2) is 47.6 Å². The summed E-state index contributed by atoms with van der Waals surface area (Å²) >= 11 is 0. The molecule has 0 spiro atoms. The number of fused-ring (bicyclic) bond motifs is 1. The lowest BCUT2D eigenvalue weighted by Gasteiger charge is -2.17. The molecule has 0 saturated carbocycles. The Balaban J connectivity index is 1.52. The first-order valence-electron chi connectivity index (χ1n) is 7.91. The van der Waals surface area contributed by atoms with E-state index in [4.69, 9.17) is 9.47 Å². The van der Waals surface area contributed by atoms with E-state index in [0.717, 1.165) is 0 Å². The molecule has 0 amide bonds. The third-order valence-corrected chi connectivity index (χ3v) is 6.20. The molecule has 8 heteroatoms. The molecular formula is C17H16N2O5S. The van der Waals surface area contributed by atoms with Gasteiger partial charge in [0.05, 0.1) is 23.2 Å². The van der Waals surface area contributed by atoms with Crippen LogP contribution >= 0.6 is 0 Å². The zero-order valence-corrected chi connectivity index (χ0v) is 14.1. The van der Waals surface area contributed by atoms with Crippen molar-refractivity contribution in [1.29, 1.82) is 0 Å². The zero-order valence-electron chi connectivity index (χ0n) is 13.3. The first-order valence-corrected chi connectivity index (χ1v) is 9.35. The molecule has 0 aliphatic carbocycles. The maximum atomic E-state index is 12.8. The van der Waals surface area contributed by atoms with E-state index in [9.17, 15) is 13.2 Å². The molecule has 7 nitrogen and oxygen atoms in total. The Bertz CT molecular complexity index is 914. The summed E-state index contributed by atoms with van der Waals surface area (Å²) in [4.78, 5) is 15.8. The number of rotatable bonds is 4. The average molecular weight is 360 g/mol. The highest BCUT2D eigenvalue weighted by Crippen LogP contribution is 2.27. The number of pyridine rings is 1. The summed E-state index contributed by atoms with van der Waals surface area (Å²) in [6.07, 6.45) is 3.62. The van der Waals surface area contributed by atoms with E-state index in [1.54, 1.807) is 30.6 Å².